The van der Waals surface area contributed by atoms with E-state index in [0.29, 0.717) is 36.4 Å². The summed E-state index contributed by atoms with van der Waals surface area (Å²) in [5.74, 6) is 1.78. The Hall–Kier alpha value is -3.21. The lowest BCUT2D eigenvalue weighted by atomic mass is 10.1. The molecule has 0 bridgehead atoms. The number of aromatic nitrogens is 2. The average molecular weight is 456 g/mol. The Morgan fingerprint density at radius 2 is 1.52 bits per heavy atom. The van der Waals surface area contributed by atoms with Gasteiger partial charge in [0, 0.05) is 36.1 Å². The Labute approximate surface area is 191 Å². The number of benzene rings is 2. The molecule has 0 spiro atoms. The number of nitrogens with two attached hydrogens (primary N) is 2. The van der Waals surface area contributed by atoms with E-state index in [9.17, 15) is 5.26 Å². The Bertz CT molecular complexity index is 1010. The second-order valence-electron chi connectivity index (χ2n) is 6.72. The fourth-order valence-corrected chi connectivity index (χ4v) is 3.55. The molecule has 1 atom stereocenters. The normalized spacial score (nSPS) is 11.5. The van der Waals surface area contributed by atoms with Gasteiger partial charge < -0.3 is 21.7 Å². The molecule has 3 aromatic rings. The molecule has 1 unspecified atom stereocenters. The quantitative estimate of drug-likeness (QED) is 0.412. The highest BCUT2D eigenvalue weighted by Gasteiger charge is 2.17. The molecule has 0 saturated heterocycles. The molecular formula is C22H23Cl2N7. The molecule has 3 rings (SSSR count). The van der Waals surface area contributed by atoms with Crippen LogP contribution in [-0.4, -0.2) is 34.8 Å². The summed E-state index contributed by atoms with van der Waals surface area (Å²) in [5.41, 5.74) is 15.2. The molecule has 31 heavy (non-hydrogen) atoms. The summed E-state index contributed by atoms with van der Waals surface area (Å²) in [4.78, 5) is 10.8. The van der Waals surface area contributed by atoms with E-state index in [1.807, 2.05) is 54.6 Å². The van der Waals surface area contributed by atoms with Gasteiger partial charge in [0.2, 0.25) is 0 Å². The first kappa shape index (κ1) is 22.5. The van der Waals surface area contributed by atoms with Crippen molar-refractivity contribution in [1.29, 1.82) is 5.26 Å². The molecule has 1 heterocycles. The first-order chi connectivity index (χ1) is 15.1. The smallest absolute Gasteiger partial charge is 0.164 e. The molecule has 2 aromatic carbocycles. The van der Waals surface area contributed by atoms with Crippen LogP contribution in [0, 0.1) is 11.3 Å². The van der Waals surface area contributed by atoms with Crippen molar-refractivity contribution in [3.8, 4) is 17.5 Å². The van der Waals surface area contributed by atoms with Crippen LogP contribution in [-0.2, 0) is 0 Å². The van der Waals surface area contributed by atoms with Gasteiger partial charge in [-0.25, -0.2) is 9.97 Å². The first-order valence-corrected chi connectivity index (χ1v) is 10.8. The van der Waals surface area contributed by atoms with Gasteiger partial charge in [-0.2, -0.15) is 5.26 Å². The third-order valence-corrected chi connectivity index (χ3v) is 5.05. The summed E-state index contributed by atoms with van der Waals surface area (Å²) >= 11 is 11.8. The highest BCUT2D eigenvalue weighted by molar-refractivity contribution is 6.18. The molecule has 0 saturated carbocycles. The summed E-state index contributed by atoms with van der Waals surface area (Å²) in [6.45, 7) is 1.37. The molecule has 0 aliphatic heterocycles. The third-order valence-electron chi connectivity index (χ3n) is 4.72. The molecule has 9 heteroatoms. The highest BCUT2D eigenvalue weighted by atomic mass is 35.5. The maximum atomic E-state index is 9.72. The van der Waals surface area contributed by atoms with Crippen molar-refractivity contribution in [3.05, 3.63) is 60.2 Å². The van der Waals surface area contributed by atoms with Gasteiger partial charge in [0.1, 0.15) is 11.7 Å². The zero-order valence-electron chi connectivity index (χ0n) is 16.8. The molecular weight excluding hydrogens is 433 g/mol. The summed E-state index contributed by atoms with van der Waals surface area (Å²) in [6, 6.07) is 18.6. The van der Waals surface area contributed by atoms with Gasteiger partial charge in [0.25, 0.3) is 0 Å². The zero-order chi connectivity index (χ0) is 22.2. The van der Waals surface area contributed by atoms with Crippen LogP contribution < -0.4 is 21.7 Å². The minimum Gasteiger partial charge on any atom is -0.382 e. The van der Waals surface area contributed by atoms with E-state index < -0.39 is 6.04 Å². The van der Waals surface area contributed by atoms with Gasteiger partial charge in [0.05, 0.1) is 6.07 Å². The van der Waals surface area contributed by atoms with Crippen LogP contribution in [0.3, 0.4) is 0 Å². The summed E-state index contributed by atoms with van der Waals surface area (Å²) in [6.07, 6.45) is 0. The number of hydrogen-bond donors (Lipinski definition) is 3. The van der Waals surface area contributed by atoms with Gasteiger partial charge in [-0.05, 0) is 17.7 Å². The number of alkyl halides is 2. The van der Waals surface area contributed by atoms with Crippen LogP contribution in [0.5, 0.6) is 0 Å². The predicted molar refractivity (Wildman–Crippen MR) is 128 cm³/mol. The maximum absolute atomic E-state index is 9.72. The average Bonchev–Trinajstić information content (AvgIpc) is 2.79. The van der Waals surface area contributed by atoms with E-state index in [4.69, 9.17) is 34.7 Å². The fraction of sp³-hybridized carbons (Fsp3) is 0.227. The van der Waals surface area contributed by atoms with Gasteiger partial charge in [-0.15, -0.1) is 23.2 Å². The van der Waals surface area contributed by atoms with Crippen LogP contribution in [0.25, 0.3) is 11.4 Å². The lowest BCUT2D eigenvalue weighted by Gasteiger charge is -2.23. The van der Waals surface area contributed by atoms with Crippen molar-refractivity contribution < 1.29 is 0 Å². The second kappa shape index (κ2) is 10.7. The lowest BCUT2D eigenvalue weighted by Crippen LogP contribution is -2.27. The predicted octanol–water partition coefficient (Wildman–Crippen LogP) is 4.27. The van der Waals surface area contributed by atoms with Gasteiger partial charge >= 0.3 is 0 Å². The largest absolute Gasteiger partial charge is 0.382 e. The van der Waals surface area contributed by atoms with E-state index in [-0.39, 0.29) is 11.6 Å². The summed E-state index contributed by atoms with van der Waals surface area (Å²) < 4.78 is 0. The number of anilines is 4. The first-order valence-electron chi connectivity index (χ1n) is 9.68. The molecule has 0 aliphatic rings. The second-order valence-corrected chi connectivity index (χ2v) is 7.48. The zero-order valence-corrected chi connectivity index (χ0v) is 18.3. The summed E-state index contributed by atoms with van der Waals surface area (Å²) in [5, 5.41) is 12.8. The molecule has 0 radical (unpaired) electrons. The SMILES string of the molecule is N#CC(Nc1c(N)nc(-c2ccccc2)nc1N)c1ccc(N(CCCl)CCCl)cc1. The van der Waals surface area contributed by atoms with Crippen LogP contribution in [0.15, 0.2) is 54.6 Å². The molecule has 7 nitrogen and oxygen atoms in total. The van der Waals surface area contributed by atoms with Gasteiger partial charge in [-0.3, -0.25) is 0 Å². The number of nitriles is 1. The van der Waals surface area contributed by atoms with E-state index >= 15 is 0 Å². The van der Waals surface area contributed by atoms with Crippen molar-refractivity contribution >= 4 is 46.2 Å². The van der Waals surface area contributed by atoms with E-state index in [1.165, 1.54) is 0 Å². The Morgan fingerprint density at radius 1 is 0.935 bits per heavy atom. The third kappa shape index (κ3) is 5.48. The minimum absolute atomic E-state index is 0.179. The molecule has 160 valence electrons. The van der Waals surface area contributed by atoms with Crippen LogP contribution in [0.2, 0.25) is 0 Å². The van der Waals surface area contributed by atoms with Crippen molar-refractivity contribution in [2.75, 3.05) is 46.5 Å². The lowest BCUT2D eigenvalue weighted by molar-refractivity contribution is 0.872. The van der Waals surface area contributed by atoms with E-state index in [0.717, 1.165) is 16.8 Å². The van der Waals surface area contributed by atoms with Crippen molar-refractivity contribution in [3.63, 3.8) is 0 Å². The summed E-state index contributed by atoms with van der Waals surface area (Å²) in [7, 11) is 0. The molecule has 1 aromatic heterocycles. The Kier molecular flexibility index (Phi) is 7.76. The number of hydrogen-bond acceptors (Lipinski definition) is 7. The van der Waals surface area contributed by atoms with Crippen molar-refractivity contribution in [2.45, 2.75) is 6.04 Å². The van der Waals surface area contributed by atoms with E-state index in [2.05, 4.69) is 26.3 Å². The topological polar surface area (TPSA) is 117 Å². The monoisotopic (exact) mass is 455 g/mol. The number of halogens is 2. The van der Waals surface area contributed by atoms with Gasteiger partial charge in [-0.1, -0.05) is 42.5 Å². The molecule has 0 amide bonds. The van der Waals surface area contributed by atoms with Crippen LogP contribution in [0.4, 0.5) is 23.0 Å². The van der Waals surface area contributed by atoms with E-state index in [1.54, 1.807) is 0 Å². The molecule has 0 fully saturated rings. The van der Waals surface area contributed by atoms with Gasteiger partial charge in [0.15, 0.2) is 17.5 Å². The molecule has 5 N–H and O–H groups in total. The molecule has 0 aliphatic carbocycles. The number of rotatable bonds is 9. The number of nitrogen functional groups attached to an aromatic ring is 2. The minimum atomic E-state index is -0.681. The highest BCUT2D eigenvalue weighted by Crippen LogP contribution is 2.30. The van der Waals surface area contributed by atoms with Crippen LogP contribution >= 0.6 is 23.2 Å². The fourth-order valence-electron chi connectivity index (χ4n) is 3.15. The van der Waals surface area contributed by atoms with Crippen molar-refractivity contribution in [2.24, 2.45) is 0 Å². The number of nitrogens with one attached hydrogen (secondary N) is 1. The van der Waals surface area contributed by atoms with Crippen LogP contribution in [0.1, 0.15) is 11.6 Å². The number of nitrogens with zero attached hydrogens (tertiary/aromatic N) is 4. The Morgan fingerprint density at radius 3 is 2.03 bits per heavy atom. The maximum Gasteiger partial charge on any atom is 0.164 e. The standard InChI is InChI=1S/C22H23Cl2N7/c23-10-12-31(13-11-24)17-8-6-15(7-9-17)18(14-25)28-19-20(26)29-22(30-21(19)27)16-4-2-1-3-5-16/h1-9,18,28H,10-13H2,(H4,26,27,29,30). The van der Waals surface area contributed by atoms with Crippen molar-refractivity contribution in [1.82, 2.24) is 9.97 Å². The Balaban J connectivity index is 1.82.